The van der Waals surface area contributed by atoms with Crippen LogP contribution in [0.4, 0.5) is 11.4 Å². The highest BCUT2D eigenvalue weighted by atomic mass is 16.2. The van der Waals surface area contributed by atoms with Crippen molar-refractivity contribution in [3.63, 3.8) is 0 Å². The summed E-state index contributed by atoms with van der Waals surface area (Å²) in [5, 5.41) is 7.28. The Hall–Kier alpha value is -2.30. The Morgan fingerprint density at radius 1 is 1.33 bits per heavy atom. The first-order valence-electron chi connectivity index (χ1n) is 7.11. The number of aromatic nitrogens is 2. The van der Waals surface area contributed by atoms with Gasteiger partial charge in [-0.15, -0.1) is 0 Å². The Morgan fingerprint density at radius 2 is 2.05 bits per heavy atom. The summed E-state index contributed by atoms with van der Waals surface area (Å²) in [5.41, 5.74) is 11.2. The van der Waals surface area contributed by atoms with Crippen LogP contribution in [0.15, 0.2) is 18.2 Å². The number of hydrogen-bond acceptors (Lipinski definition) is 3. The van der Waals surface area contributed by atoms with Gasteiger partial charge in [-0.25, -0.2) is 0 Å². The highest BCUT2D eigenvalue weighted by Crippen LogP contribution is 2.21. The number of aryl methyl sites for hydroxylation is 3. The van der Waals surface area contributed by atoms with Crippen molar-refractivity contribution in [1.82, 2.24) is 9.78 Å². The molecule has 1 aromatic carbocycles. The molecule has 0 saturated heterocycles. The van der Waals surface area contributed by atoms with Crippen LogP contribution in [0.5, 0.6) is 0 Å². The average molecular weight is 286 g/mol. The molecule has 1 amide bonds. The Balaban J connectivity index is 2.17. The van der Waals surface area contributed by atoms with Gasteiger partial charge in [-0.1, -0.05) is 25.1 Å². The third kappa shape index (κ3) is 3.07. The van der Waals surface area contributed by atoms with Crippen molar-refractivity contribution in [1.29, 1.82) is 0 Å². The van der Waals surface area contributed by atoms with Gasteiger partial charge >= 0.3 is 0 Å². The maximum Gasteiger partial charge on any atom is 0.246 e. The molecule has 0 spiro atoms. The number of para-hydroxylation sites is 1. The molecule has 2 aromatic rings. The van der Waals surface area contributed by atoms with Gasteiger partial charge in [0.25, 0.3) is 0 Å². The molecule has 0 aliphatic carbocycles. The van der Waals surface area contributed by atoms with Crippen LogP contribution in [0.1, 0.15) is 29.4 Å². The number of nitrogens with zero attached hydrogens (tertiary/aromatic N) is 2. The minimum absolute atomic E-state index is 0.0930. The molecule has 0 saturated carbocycles. The maximum atomic E-state index is 12.3. The van der Waals surface area contributed by atoms with E-state index in [0.29, 0.717) is 5.69 Å². The van der Waals surface area contributed by atoms with Gasteiger partial charge in [0.15, 0.2) is 0 Å². The minimum atomic E-state index is -0.0930. The number of benzene rings is 1. The molecule has 1 heterocycles. The summed E-state index contributed by atoms with van der Waals surface area (Å²) in [4.78, 5) is 12.3. The number of rotatable bonds is 4. The number of nitrogen functional groups attached to an aromatic ring is 1. The summed E-state index contributed by atoms with van der Waals surface area (Å²) in [6, 6.07) is 6.03. The first kappa shape index (κ1) is 15.1. The van der Waals surface area contributed by atoms with Crippen molar-refractivity contribution in [2.75, 3.05) is 11.1 Å². The van der Waals surface area contributed by atoms with E-state index in [9.17, 15) is 4.79 Å². The zero-order valence-electron chi connectivity index (χ0n) is 13.0. The number of amides is 1. The number of carbonyl (C=O) groups is 1. The first-order valence-corrected chi connectivity index (χ1v) is 7.11. The van der Waals surface area contributed by atoms with Crippen LogP contribution in [0.25, 0.3) is 0 Å². The highest BCUT2D eigenvalue weighted by molar-refractivity contribution is 5.92. The van der Waals surface area contributed by atoms with E-state index in [1.54, 1.807) is 4.68 Å². The quantitative estimate of drug-likeness (QED) is 0.907. The summed E-state index contributed by atoms with van der Waals surface area (Å²) in [5.74, 6) is -0.0930. The van der Waals surface area contributed by atoms with Crippen LogP contribution in [0.3, 0.4) is 0 Å². The van der Waals surface area contributed by atoms with Gasteiger partial charge in [0.2, 0.25) is 5.91 Å². The van der Waals surface area contributed by atoms with Gasteiger partial charge < -0.3 is 11.1 Å². The number of nitrogens with one attached hydrogen (secondary N) is 1. The molecule has 5 heteroatoms. The van der Waals surface area contributed by atoms with Gasteiger partial charge in [-0.05, 0) is 38.3 Å². The maximum absolute atomic E-state index is 12.3. The Bertz CT molecular complexity index is 673. The molecule has 0 bridgehead atoms. The molecule has 0 radical (unpaired) electrons. The zero-order valence-corrected chi connectivity index (χ0v) is 13.0. The van der Waals surface area contributed by atoms with Crippen molar-refractivity contribution in [3.8, 4) is 0 Å². The molecule has 112 valence electrons. The van der Waals surface area contributed by atoms with Crippen molar-refractivity contribution < 1.29 is 4.79 Å². The van der Waals surface area contributed by atoms with Crippen LogP contribution >= 0.6 is 0 Å². The molecule has 0 atom stereocenters. The van der Waals surface area contributed by atoms with Gasteiger partial charge in [-0.2, -0.15) is 5.10 Å². The topological polar surface area (TPSA) is 72.9 Å². The third-order valence-electron chi connectivity index (χ3n) is 3.74. The molecule has 0 aliphatic heterocycles. The number of carbonyl (C=O) groups excluding carboxylic acids is 1. The van der Waals surface area contributed by atoms with Gasteiger partial charge in [0.05, 0.1) is 17.1 Å². The van der Waals surface area contributed by atoms with E-state index in [2.05, 4.69) is 17.3 Å². The second-order valence-corrected chi connectivity index (χ2v) is 5.25. The first-order chi connectivity index (χ1) is 9.93. The van der Waals surface area contributed by atoms with E-state index in [-0.39, 0.29) is 12.5 Å². The van der Waals surface area contributed by atoms with Gasteiger partial charge in [-0.3, -0.25) is 9.48 Å². The van der Waals surface area contributed by atoms with Crippen molar-refractivity contribution >= 4 is 17.3 Å². The standard InChI is InChI=1S/C16H22N4O/c1-5-13-8-6-7-10(2)16(13)18-14(21)9-20-12(4)15(17)11(3)19-20/h6-8H,5,9,17H2,1-4H3,(H,18,21). The van der Waals surface area contributed by atoms with Crippen LogP contribution in [0, 0.1) is 20.8 Å². The second-order valence-electron chi connectivity index (χ2n) is 5.25. The van der Waals surface area contributed by atoms with Crippen molar-refractivity contribution in [3.05, 3.63) is 40.7 Å². The average Bonchev–Trinajstić information content (AvgIpc) is 2.68. The highest BCUT2D eigenvalue weighted by Gasteiger charge is 2.13. The van der Waals surface area contributed by atoms with Crippen molar-refractivity contribution in [2.24, 2.45) is 0 Å². The molecule has 5 nitrogen and oxygen atoms in total. The largest absolute Gasteiger partial charge is 0.396 e. The molecule has 0 aliphatic rings. The monoisotopic (exact) mass is 286 g/mol. The fourth-order valence-electron chi connectivity index (χ4n) is 2.38. The molecular formula is C16H22N4O. The predicted octanol–water partition coefficient (Wildman–Crippen LogP) is 2.59. The normalized spacial score (nSPS) is 10.7. The van der Waals surface area contributed by atoms with E-state index in [0.717, 1.165) is 34.6 Å². The van der Waals surface area contributed by atoms with Crippen LogP contribution in [-0.2, 0) is 17.8 Å². The molecule has 3 N–H and O–H groups in total. The zero-order chi connectivity index (χ0) is 15.6. The van der Waals surface area contributed by atoms with Crippen molar-refractivity contribution in [2.45, 2.75) is 40.7 Å². The lowest BCUT2D eigenvalue weighted by molar-refractivity contribution is -0.116. The van der Waals surface area contributed by atoms with E-state index in [1.165, 1.54) is 0 Å². The van der Waals surface area contributed by atoms with E-state index < -0.39 is 0 Å². The summed E-state index contributed by atoms with van der Waals surface area (Å²) < 4.78 is 1.64. The fourth-order valence-corrected chi connectivity index (χ4v) is 2.38. The Labute approximate surface area is 125 Å². The summed E-state index contributed by atoms with van der Waals surface area (Å²) in [6.45, 7) is 7.95. The SMILES string of the molecule is CCc1cccc(C)c1NC(=O)Cn1nc(C)c(N)c1C. The minimum Gasteiger partial charge on any atom is -0.396 e. The summed E-state index contributed by atoms with van der Waals surface area (Å²) >= 11 is 0. The molecule has 21 heavy (non-hydrogen) atoms. The third-order valence-corrected chi connectivity index (χ3v) is 3.74. The van der Waals surface area contributed by atoms with Crippen LogP contribution in [-0.4, -0.2) is 15.7 Å². The number of anilines is 2. The lowest BCUT2D eigenvalue weighted by atomic mass is 10.1. The Morgan fingerprint density at radius 3 is 2.62 bits per heavy atom. The number of hydrogen-bond donors (Lipinski definition) is 2. The van der Waals surface area contributed by atoms with Gasteiger partial charge in [0.1, 0.15) is 6.54 Å². The number of nitrogens with two attached hydrogens (primary N) is 1. The molecule has 2 rings (SSSR count). The van der Waals surface area contributed by atoms with E-state index >= 15 is 0 Å². The molecule has 0 fully saturated rings. The smallest absolute Gasteiger partial charge is 0.246 e. The molecule has 1 aromatic heterocycles. The van der Waals surface area contributed by atoms with E-state index in [4.69, 9.17) is 5.73 Å². The molecule has 0 unspecified atom stereocenters. The lowest BCUT2D eigenvalue weighted by Gasteiger charge is -2.13. The summed E-state index contributed by atoms with van der Waals surface area (Å²) in [6.07, 6.45) is 0.879. The molecular weight excluding hydrogens is 264 g/mol. The fraction of sp³-hybridized carbons (Fsp3) is 0.375. The lowest BCUT2D eigenvalue weighted by Crippen LogP contribution is -2.21. The predicted molar refractivity (Wildman–Crippen MR) is 85.3 cm³/mol. The Kier molecular flexibility index (Phi) is 4.31. The van der Waals surface area contributed by atoms with Gasteiger partial charge in [0, 0.05) is 5.69 Å². The second kappa shape index (κ2) is 5.99. The van der Waals surface area contributed by atoms with Crippen LogP contribution in [0.2, 0.25) is 0 Å². The van der Waals surface area contributed by atoms with E-state index in [1.807, 2.05) is 39.0 Å². The summed E-state index contributed by atoms with van der Waals surface area (Å²) in [7, 11) is 0. The van der Waals surface area contributed by atoms with Crippen LogP contribution < -0.4 is 11.1 Å².